The van der Waals surface area contributed by atoms with Gasteiger partial charge in [0.05, 0.1) is 20.8 Å². The van der Waals surface area contributed by atoms with E-state index >= 15 is 0 Å². The first-order valence-electron chi connectivity index (χ1n) is 8.40. The van der Waals surface area contributed by atoms with E-state index in [0.717, 1.165) is 43.2 Å². The Balaban J connectivity index is 1.85. The molecule has 0 aliphatic heterocycles. The van der Waals surface area contributed by atoms with Crippen LogP contribution in [0, 0.1) is 0 Å². The second-order valence-corrected chi connectivity index (χ2v) is 5.57. The third-order valence-corrected chi connectivity index (χ3v) is 3.78. The van der Waals surface area contributed by atoms with Gasteiger partial charge in [0.1, 0.15) is 5.75 Å². The van der Waals surface area contributed by atoms with E-state index in [1.807, 2.05) is 30.3 Å². The number of nitrogens with one attached hydrogen (secondary N) is 1. The van der Waals surface area contributed by atoms with Crippen LogP contribution in [0.15, 0.2) is 42.5 Å². The molecule has 130 valence electrons. The van der Waals surface area contributed by atoms with Crippen LogP contribution < -0.4 is 19.5 Å². The zero-order valence-electron chi connectivity index (χ0n) is 14.8. The van der Waals surface area contributed by atoms with Gasteiger partial charge in [0.25, 0.3) is 0 Å². The highest BCUT2D eigenvalue weighted by Gasteiger charge is 2.06. The molecular formula is C20H27NO3. The summed E-state index contributed by atoms with van der Waals surface area (Å²) in [5, 5.41) is 3.46. The van der Waals surface area contributed by atoms with E-state index in [9.17, 15) is 0 Å². The molecule has 0 bridgehead atoms. The zero-order chi connectivity index (χ0) is 17.2. The molecule has 0 heterocycles. The molecule has 24 heavy (non-hydrogen) atoms. The number of benzene rings is 2. The fourth-order valence-corrected chi connectivity index (χ4v) is 2.52. The van der Waals surface area contributed by atoms with Gasteiger partial charge < -0.3 is 19.5 Å². The van der Waals surface area contributed by atoms with Crippen molar-refractivity contribution in [2.24, 2.45) is 0 Å². The van der Waals surface area contributed by atoms with Crippen molar-refractivity contribution in [1.29, 1.82) is 0 Å². The molecule has 0 spiro atoms. The van der Waals surface area contributed by atoms with Crippen LogP contribution in [0.2, 0.25) is 0 Å². The largest absolute Gasteiger partial charge is 0.496 e. The van der Waals surface area contributed by atoms with Gasteiger partial charge in [0, 0.05) is 6.54 Å². The summed E-state index contributed by atoms with van der Waals surface area (Å²) in [4.78, 5) is 0. The van der Waals surface area contributed by atoms with Gasteiger partial charge in [0.2, 0.25) is 0 Å². The van der Waals surface area contributed by atoms with Crippen molar-refractivity contribution in [1.82, 2.24) is 5.32 Å². The highest BCUT2D eigenvalue weighted by atomic mass is 16.5. The van der Waals surface area contributed by atoms with Crippen LogP contribution in [0.3, 0.4) is 0 Å². The van der Waals surface area contributed by atoms with E-state index in [-0.39, 0.29) is 0 Å². The third kappa shape index (κ3) is 5.17. The molecule has 4 nitrogen and oxygen atoms in total. The van der Waals surface area contributed by atoms with Crippen molar-refractivity contribution in [2.75, 3.05) is 27.4 Å². The van der Waals surface area contributed by atoms with Gasteiger partial charge in [-0.3, -0.25) is 0 Å². The number of rotatable bonds is 10. The third-order valence-electron chi connectivity index (χ3n) is 3.78. The van der Waals surface area contributed by atoms with Gasteiger partial charge in [0.15, 0.2) is 11.5 Å². The summed E-state index contributed by atoms with van der Waals surface area (Å²) in [6.45, 7) is 4.47. The molecule has 0 amide bonds. The van der Waals surface area contributed by atoms with E-state index in [1.54, 1.807) is 14.2 Å². The number of hydrogen-bond donors (Lipinski definition) is 1. The summed E-state index contributed by atoms with van der Waals surface area (Å²) >= 11 is 0. The first-order chi connectivity index (χ1) is 11.8. The monoisotopic (exact) mass is 329 g/mol. The second kappa shape index (κ2) is 9.83. The molecule has 2 aromatic carbocycles. The Labute approximate surface area is 144 Å². The van der Waals surface area contributed by atoms with Gasteiger partial charge in [-0.05, 0) is 48.7 Å². The molecule has 0 fully saturated rings. The Hall–Kier alpha value is -2.20. The number of methoxy groups -OCH3 is 2. The molecule has 0 aliphatic carbocycles. The quantitative estimate of drug-likeness (QED) is 0.673. The molecular weight excluding hydrogens is 302 g/mol. The number of ether oxygens (including phenoxy) is 3. The van der Waals surface area contributed by atoms with E-state index in [4.69, 9.17) is 14.2 Å². The highest BCUT2D eigenvalue weighted by molar-refractivity contribution is 5.43. The Bertz CT molecular complexity index is 628. The molecule has 0 radical (unpaired) electrons. The lowest BCUT2D eigenvalue weighted by Gasteiger charge is -2.12. The van der Waals surface area contributed by atoms with Crippen LogP contribution in [0.1, 0.15) is 24.5 Å². The molecule has 1 N–H and O–H groups in total. The minimum atomic E-state index is 0.701. The van der Waals surface area contributed by atoms with E-state index in [0.29, 0.717) is 6.61 Å². The van der Waals surface area contributed by atoms with Crippen LogP contribution in [0.5, 0.6) is 17.2 Å². The number of hydrogen-bond acceptors (Lipinski definition) is 4. The molecule has 0 saturated carbocycles. The summed E-state index contributed by atoms with van der Waals surface area (Å²) in [5.41, 5.74) is 2.39. The molecule has 2 rings (SSSR count). The van der Waals surface area contributed by atoms with Crippen molar-refractivity contribution in [3.63, 3.8) is 0 Å². The van der Waals surface area contributed by atoms with E-state index < -0.39 is 0 Å². The predicted octanol–water partition coefficient (Wildman–Crippen LogP) is 3.82. The van der Waals surface area contributed by atoms with Gasteiger partial charge in [-0.15, -0.1) is 0 Å². The van der Waals surface area contributed by atoms with Gasteiger partial charge >= 0.3 is 0 Å². The van der Waals surface area contributed by atoms with Crippen molar-refractivity contribution in [3.8, 4) is 17.2 Å². The fourth-order valence-electron chi connectivity index (χ4n) is 2.52. The lowest BCUT2D eigenvalue weighted by atomic mass is 10.1. The van der Waals surface area contributed by atoms with Crippen LogP contribution in [0.4, 0.5) is 0 Å². The first-order valence-corrected chi connectivity index (χ1v) is 8.40. The van der Waals surface area contributed by atoms with Crippen LogP contribution >= 0.6 is 0 Å². The standard InChI is InChI=1S/C20H27NO3/c1-4-13-24-19-10-9-16(14-20(19)23-3)15-21-12-11-17-7-5-6-8-18(17)22-2/h5-10,14,21H,4,11-13,15H2,1-3H3. The van der Waals surface area contributed by atoms with Crippen LogP contribution in [0.25, 0.3) is 0 Å². The summed E-state index contributed by atoms with van der Waals surface area (Å²) in [7, 11) is 3.38. The average molecular weight is 329 g/mol. The Morgan fingerprint density at radius 2 is 1.71 bits per heavy atom. The maximum Gasteiger partial charge on any atom is 0.161 e. The highest BCUT2D eigenvalue weighted by Crippen LogP contribution is 2.28. The SMILES string of the molecule is CCCOc1ccc(CNCCc2ccccc2OC)cc1OC. The minimum absolute atomic E-state index is 0.701. The lowest BCUT2D eigenvalue weighted by Crippen LogP contribution is -2.17. The Morgan fingerprint density at radius 3 is 2.46 bits per heavy atom. The average Bonchev–Trinajstić information content (AvgIpc) is 2.64. The molecule has 0 aromatic heterocycles. The predicted molar refractivity (Wildman–Crippen MR) is 97.2 cm³/mol. The fraction of sp³-hybridized carbons (Fsp3) is 0.400. The van der Waals surface area contributed by atoms with Crippen molar-refractivity contribution in [2.45, 2.75) is 26.3 Å². The smallest absolute Gasteiger partial charge is 0.161 e. The molecule has 0 atom stereocenters. The summed E-state index contributed by atoms with van der Waals surface area (Å²) in [5.74, 6) is 2.53. The van der Waals surface area contributed by atoms with Crippen molar-refractivity contribution in [3.05, 3.63) is 53.6 Å². The van der Waals surface area contributed by atoms with Crippen molar-refractivity contribution < 1.29 is 14.2 Å². The molecule has 0 saturated heterocycles. The van der Waals surface area contributed by atoms with Gasteiger partial charge in [-0.1, -0.05) is 31.2 Å². The summed E-state index contributed by atoms with van der Waals surface area (Å²) < 4.78 is 16.5. The van der Waals surface area contributed by atoms with Crippen LogP contribution in [-0.4, -0.2) is 27.4 Å². The van der Waals surface area contributed by atoms with Gasteiger partial charge in [-0.25, -0.2) is 0 Å². The number of para-hydroxylation sites is 1. The Morgan fingerprint density at radius 1 is 0.917 bits per heavy atom. The summed E-state index contributed by atoms with van der Waals surface area (Å²) in [6.07, 6.45) is 1.91. The second-order valence-electron chi connectivity index (χ2n) is 5.57. The van der Waals surface area contributed by atoms with E-state index in [1.165, 1.54) is 11.1 Å². The Kier molecular flexibility index (Phi) is 7.43. The maximum atomic E-state index is 5.68. The van der Waals surface area contributed by atoms with E-state index in [2.05, 4.69) is 24.4 Å². The minimum Gasteiger partial charge on any atom is -0.496 e. The van der Waals surface area contributed by atoms with Gasteiger partial charge in [-0.2, -0.15) is 0 Å². The lowest BCUT2D eigenvalue weighted by molar-refractivity contribution is 0.294. The van der Waals surface area contributed by atoms with Crippen molar-refractivity contribution >= 4 is 0 Å². The maximum absolute atomic E-state index is 5.68. The summed E-state index contributed by atoms with van der Waals surface area (Å²) in [6, 6.07) is 14.2. The topological polar surface area (TPSA) is 39.7 Å². The molecule has 2 aromatic rings. The molecule has 4 heteroatoms. The molecule has 0 unspecified atom stereocenters. The molecule has 0 aliphatic rings. The zero-order valence-corrected chi connectivity index (χ0v) is 14.8. The van der Waals surface area contributed by atoms with Crippen LogP contribution in [-0.2, 0) is 13.0 Å². The first kappa shape index (κ1) is 18.1. The normalized spacial score (nSPS) is 10.5.